The maximum atomic E-state index is 11.6. The van der Waals surface area contributed by atoms with Crippen molar-refractivity contribution in [3.05, 3.63) is 0 Å². The number of piperidine rings is 1. The molecule has 104 valence electrons. The van der Waals surface area contributed by atoms with Crippen LogP contribution in [-0.2, 0) is 14.3 Å². The van der Waals surface area contributed by atoms with Gasteiger partial charge in [-0.3, -0.25) is 9.59 Å². The number of likely N-dealkylation sites (tertiary alicyclic amines) is 1. The number of hydrogen-bond donors (Lipinski definition) is 1. The largest absolute Gasteiger partial charge is 0.481 e. The maximum Gasteiger partial charge on any atom is 0.308 e. The van der Waals surface area contributed by atoms with Crippen molar-refractivity contribution in [3.63, 3.8) is 0 Å². The van der Waals surface area contributed by atoms with E-state index >= 15 is 0 Å². The molecule has 1 atom stereocenters. The van der Waals surface area contributed by atoms with E-state index in [4.69, 9.17) is 9.84 Å². The summed E-state index contributed by atoms with van der Waals surface area (Å²) in [5.74, 6) is -1.21. The first-order valence-corrected chi connectivity index (χ1v) is 6.23. The van der Waals surface area contributed by atoms with Crippen LogP contribution in [0, 0.1) is 5.92 Å². The van der Waals surface area contributed by atoms with E-state index in [0.29, 0.717) is 39.1 Å². The van der Waals surface area contributed by atoms with Crippen molar-refractivity contribution in [2.75, 3.05) is 46.9 Å². The van der Waals surface area contributed by atoms with Gasteiger partial charge >= 0.3 is 5.97 Å². The van der Waals surface area contributed by atoms with Crippen molar-refractivity contribution in [1.29, 1.82) is 0 Å². The van der Waals surface area contributed by atoms with E-state index in [-0.39, 0.29) is 5.91 Å². The van der Waals surface area contributed by atoms with Gasteiger partial charge in [-0.25, -0.2) is 0 Å². The Morgan fingerprint density at radius 2 is 2.22 bits per heavy atom. The van der Waals surface area contributed by atoms with E-state index in [0.717, 1.165) is 6.54 Å². The van der Waals surface area contributed by atoms with Gasteiger partial charge in [-0.05, 0) is 20.5 Å². The molecule has 1 N–H and O–H groups in total. The van der Waals surface area contributed by atoms with Crippen LogP contribution in [0.2, 0.25) is 0 Å². The molecular weight excluding hydrogens is 236 g/mol. The molecule has 0 saturated carbocycles. The highest BCUT2D eigenvalue weighted by Crippen LogP contribution is 2.17. The lowest BCUT2D eigenvalue weighted by Crippen LogP contribution is -2.44. The van der Waals surface area contributed by atoms with Crippen LogP contribution in [0.4, 0.5) is 0 Å². The van der Waals surface area contributed by atoms with Gasteiger partial charge in [0.25, 0.3) is 0 Å². The number of amides is 1. The number of likely N-dealkylation sites (N-methyl/N-ethyl adjacent to an activating group) is 1. The fourth-order valence-corrected chi connectivity index (χ4v) is 1.86. The second kappa shape index (κ2) is 7.33. The number of carbonyl (C=O) groups is 2. The van der Waals surface area contributed by atoms with Crippen LogP contribution in [0.15, 0.2) is 0 Å². The molecular formula is C12H22N2O4. The number of carboxylic acid groups (broad SMARTS) is 1. The Kier molecular flexibility index (Phi) is 6.07. The van der Waals surface area contributed by atoms with Crippen LogP contribution in [0.1, 0.15) is 12.8 Å². The summed E-state index contributed by atoms with van der Waals surface area (Å²) in [6.45, 7) is 2.72. The number of nitrogens with zero attached hydrogens (tertiary/aromatic N) is 2. The number of carbonyl (C=O) groups excluding carboxylic acids is 1. The molecule has 6 heteroatoms. The molecule has 0 radical (unpaired) electrons. The number of aliphatic carboxylic acids is 1. The van der Waals surface area contributed by atoms with Gasteiger partial charge < -0.3 is 19.6 Å². The molecule has 0 spiro atoms. The summed E-state index contributed by atoms with van der Waals surface area (Å²) in [5.41, 5.74) is 0. The minimum absolute atomic E-state index is 0.0312. The van der Waals surface area contributed by atoms with E-state index in [9.17, 15) is 9.59 Å². The molecule has 0 bridgehead atoms. The summed E-state index contributed by atoms with van der Waals surface area (Å²) < 4.78 is 5.41. The fourth-order valence-electron chi connectivity index (χ4n) is 1.86. The molecule has 1 saturated heterocycles. The van der Waals surface area contributed by atoms with E-state index in [1.807, 2.05) is 19.0 Å². The highest BCUT2D eigenvalue weighted by molar-refractivity contribution is 5.80. The zero-order chi connectivity index (χ0) is 13.5. The molecule has 1 unspecified atom stereocenters. The van der Waals surface area contributed by atoms with E-state index in [1.54, 1.807) is 4.90 Å². The molecule has 0 aromatic rings. The second-order valence-corrected chi connectivity index (χ2v) is 4.83. The van der Waals surface area contributed by atoms with E-state index < -0.39 is 11.9 Å². The Morgan fingerprint density at radius 3 is 2.83 bits per heavy atom. The topological polar surface area (TPSA) is 70.1 Å². The van der Waals surface area contributed by atoms with Gasteiger partial charge in [-0.2, -0.15) is 0 Å². The molecule has 6 nitrogen and oxygen atoms in total. The zero-order valence-corrected chi connectivity index (χ0v) is 11.1. The highest BCUT2D eigenvalue weighted by Gasteiger charge is 2.29. The molecule has 1 fully saturated rings. The molecule has 1 rings (SSSR count). The summed E-state index contributed by atoms with van der Waals surface area (Å²) >= 11 is 0. The molecule has 1 aliphatic rings. The molecule has 0 aromatic carbocycles. The third-order valence-electron chi connectivity index (χ3n) is 3.04. The Bertz CT molecular complexity index is 294. The standard InChI is InChI=1S/C12H22N2O4/c1-13(2)5-7-18-8-6-14-9-10(12(16)17)3-4-11(14)15/h10H,3-9H2,1-2H3,(H,16,17). The normalized spacial score (nSPS) is 20.5. The SMILES string of the molecule is CN(C)CCOCCN1CC(C(=O)O)CCC1=O. The van der Waals surface area contributed by atoms with Crippen LogP contribution >= 0.6 is 0 Å². The quantitative estimate of drug-likeness (QED) is 0.645. The van der Waals surface area contributed by atoms with E-state index in [1.165, 1.54) is 0 Å². The Morgan fingerprint density at radius 1 is 1.50 bits per heavy atom. The summed E-state index contributed by atoms with van der Waals surface area (Å²) in [6, 6.07) is 0. The van der Waals surface area contributed by atoms with Crippen molar-refractivity contribution in [3.8, 4) is 0 Å². The Balaban J connectivity index is 2.23. The summed E-state index contributed by atoms with van der Waals surface area (Å²) in [6.07, 6.45) is 0.779. The number of hydrogen-bond acceptors (Lipinski definition) is 4. The lowest BCUT2D eigenvalue weighted by atomic mass is 9.98. The third kappa shape index (κ3) is 5.01. The predicted molar refractivity (Wildman–Crippen MR) is 66.3 cm³/mol. The van der Waals surface area contributed by atoms with Gasteiger partial charge in [-0.1, -0.05) is 0 Å². The molecule has 18 heavy (non-hydrogen) atoms. The highest BCUT2D eigenvalue weighted by atomic mass is 16.5. The average Bonchev–Trinajstić information content (AvgIpc) is 2.30. The van der Waals surface area contributed by atoms with Crippen LogP contribution in [0.3, 0.4) is 0 Å². The van der Waals surface area contributed by atoms with Crippen molar-refractivity contribution < 1.29 is 19.4 Å². The molecule has 0 aromatic heterocycles. The van der Waals surface area contributed by atoms with Crippen LogP contribution in [-0.4, -0.2) is 73.7 Å². The van der Waals surface area contributed by atoms with Gasteiger partial charge in [0.05, 0.1) is 19.1 Å². The minimum atomic E-state index is -0.818. The zero-order valence-electron chi connectivity index (χ0n) is 11.1. The monoisotopic (exact) mass is 258 g/mol. The maximum absolute atomic E-state index is 11.6. The van der Waals surface area contributed by atoms with Gasteiger partial charge in [0.2, 0.25) is 5.91 Å². The average molecular weight is 258 g/mol. The first kappa shape index (κ1) is 14.9. The smallest absolute Gasteiger partial charge is 0.308 e. The first-order chi connectivity index (χ1) is 8.50. The van der Waals surface area contributed by atoms with Crippen LogP contribution in [0.25, 0.3) is 0 Å². The van der Waals surface area contributed by atoms with Crippen molar-refractivity contribution in [1.82, 2.24) is 9.80 Å². The number of carboxylic acids is 1. The van der Waals surface area contributed by atoms with Gasteiger partial charge in [0, 0.05) is 26.1 Å². The van der Waals surface area contributed by atoms with Crippen molar-refractivity contribution in [2.24, 2.45) is 5.92 Å². The van der Waals surface area contributed by atoms with Crippen LogP contribution in [0.5, 0.6) is 0 Å². The minimum Gasteiger partial charge on any atom is -0.481 e. The molecule has 1 heterocycles. The predicted octanol–water partition coefficient (Wildman–Crippen LogP) is -0.112. The third-order valence-corrected chi connectivity index (χ3v) is 3.04. The van der Waals surface area contributed by atoms with E-state index in [2.05, 4.69) is 0 Å². The molecule has 0 aliphatic carbocycles. The Labute approximate surface area is 107 Å². The van der Waals surface area contributed by atoms with Crippen molar-refractivity contribution in [2.45, 2.75) is 12.8 Å². The van der Waals surface area contributed by atoms with Gasteiger partial charge in [0.1, 0.15) is 0 Å². The second-order valence-electron chi connectivity index (χ2n) is 4.83. The molecule has 1 amide bonds. The van der Waals surface area contributed by atoms with Gasteiger partial charge in [0.15, 0.2) is 0 Å². The fraction of sp³-hybridized carbons (Fsp3) is 0.833. The van der Waals surface area contributed by atoms with Crippen molar-refractivity contribution >= 4 is 11.9 Å². The first-order valence-electron chi connectivity index (χ1n) is 6.23. The summed E-state index contributed by atoms with van der Waals surface area (Å²) in [4.78, 5) is 26.1. The lowest BCUT2D eigenvalue weighted by molar-refractivity contribution is -0.147. The van der Waals surface area contributed by atoms with Gasteiger partial charge in [-0.15, -0.1) is 0 Å². The lowest BCUT2D eigenvalue weighted by Gasteiger charge is -2.30. The number of ether oxygens (including phenoxy) is 1. The summed E-state index contributed by atoms with van der Waals surface area (Å²) in [7, 11) is 3.93. The Hall–Kier alpha value is -1.14. The molecule has 1 aliphatic heterocycles. The summed E-state index contributed by atoms with van der Waals surface area (Å²) in [5, 5.41) is 8.94. The number of rotatable bonds is 7. The van der Waals surface area contributed by atoms with Crippen LogP contribution < -0.4 is 0 Å².